The maximum Gasteiger partial charge on any atom is 0.331 e. The topological polar surface area (TPSA) is 175 Å². The molecule has 41 heavy (non-hydrogen) atoms. The zero-order valence-corrected chi connectivity index (χ0v) is 21.9. The second-order valence-electron chi connectivity index (χ2n) is 9.18. The van der Waals surface area contributed by atoms with Crippen LogP contribution in [0.25, 0.3) is 18.2 Å². The molecule has 0 saturated carbocycles. The van der Waals surface area contributed by atoms with Crippen LogP contribution in [-0.2, 0) is 14.3 Å². The zero-order chi connectivity index (χ0) is 29.5. The molecule has 0 bridgehead atoms. The monoisotopic (exact) mass is 566 g/mol. The highest BCUT2D eigenvalue weighted by Gasteiger charge is 2.48. The molecule has 11 nitrogen and oxygen atoms in total. The molecule has 216 valence electrons. The minimum absolute atomic E-state index is 0.0632. The van der Waals surface area contributed by atoms with Gasteiger partial charge in [0.05, 0.1) is 13.7 Å². The van der Waals surface area contributed by atoms with Gasteiger partial charge in [-0.25, -0.2) is 4.79 Å². The van der Waals surface area contributed by atoms with Crippen molar-refractivity contribution >= 4 is 24.2 Å². The van der Waals surface area contributed by atoms with Gasteiger partial charge in [-0.1, -0.05) is 30.4 Å². The summed E-state index contributed by atoms with van der Waals surface area (Å²) in [5.74, 6) is -0.593. The Hall–Kier alpha value is -4.55. The number of hydrogen-bond donors (Lipinski definition) is 6. The molecule has 4 rings (SSSR count). The van der Waals surface area contributed by atoms with Crippen molar-refractivity contribution in [2.45, 2.75) is 30.7 Å². The number of rotatable bonds is 9. The SMILES string of the molecule is COc1ccc(C=Cc2cc(O)cc(O)c2)cc1OC1OC(CO)C(O)C(O)C1OC(=O)C=Cc1ccc(O)cc1. The van der Waals surface area contributed by atoms with Crippen molar-refractivity contribution in [1.82, 2.24) is 0 Å². The molecule has 0 radical (unpaired) electrons. The van der Waals surface area contributed by atoms with Crippen molar-refractivity contribution < 1.29 is 54.4 Å². The smallest absolute Gasteiger partial charge is 0.331 e. The van der Waals surface area contributed by atoms with Crippen LogP contribution in [0.15, 0.2) is 66.7 Å². The summed E-state index contributed by atoms with van der Waals surface area (Å²) in [6.45, 7) is -0.643. The fourth-order valence-corrected chi connectivity index (χ4v) is 4.12. The first-order valence-corrected chi connectivity index (χ1v) is 12.5. The normalized spacial score (nSPS) is 22.6. The first kappa shape index (κ1) is 29.4. The summed E-state index contributed by atoms with van der Waals surface area (Å²) >= 11 is 0. The maximum atomic E-state index is 12.6. The van der Waals surface area contributed by atoms with Crippen molar-refractivity contribution in [3.8, 4) is 28.7 Å². The van der Waals surface area contributed by atoms with Gasteiger partial charge in [0.25, 0.3) is 0 Å². The van der Waals surface area contributed by atoms with Crippen LogP contribution >= 0.6 is 0 Å². The number of ether oxygens (including phenoxy) is 4. The van der Waals surface area contributed by atoms with E-state index in [0.717, 1.165) is 6.08 Å². The van der Waals surface area contributed by atoms with Gasteiger partial charge < -0.3 is 49.6 Å². The number of hydrogen-bond acceptors (Lipinski definition) is 11. The second kappa shape index (κ2) is 13.2. The fraction of sp³-hybridized carbons (Fsp3) is 0.233. The van der Waals surface area contributed by atoms with Crippen LogP contribution in [0.4, 0.5) is 0 Å². The summed E-state index contributed by atoms with van der Waals surface area (Å²) in [7, 11) is 1.41. The van der Waals surface area contributed by atoms with Crippen LogP contribution in [0, 0.1) is 0 Å². The van der Waals surface area contributed by atoms with Crippen LogP contribution in [0.1, 0.15) is 16.7 Å². The van der Waals surface area contributed by atoms with Crippen LogP contribution in [0.5, 0.6) is 28.7 Å². The third-order valence-electron chi connectivity index (χ3n) is 6.21. The number of phenols is 3. The molecular weight excluding hydrogens is 536 g/mol. The predicted octanol–water partition coefficient (Wildman–Crippen LogP) is 2.43. The van der Waals surface area contributed by atoms with E-state index >= 15 is 0 Å². The Morgan fingerprint density at radius 1 is 0.805 bits per heavy atom. The van der Waals surface area contributed by atoms with E-state index in [1.807, 2.05) is 0 Å². The Bertz CT molecular complexity index is 1380. The lowest BCUT2D eigenvalue weighted by Crippen LogP contribution is -2.61. The Morgan fingerprint density at radius 2 is 1.46 bits per heavy atom. The summed E-state index contributed by atoms with van der Waals surface area (Å²) in [5.41, 5.74) is 1.75. The van der Waals surface area contributed by atoms with Gasteiger partial charge >= 0.3 is 5.97 Å². The number of methoxy groups -OCH3 is 1. The molecule has 6 N–H and O–H groups in total. The van der Waals surface area contributed by atoms with Gasteiger partial charge in [0.2, 0.25) is 6.29 Å². The summed E-state index contributed by atoms with van der Waals surface area (Å²) in [6, 6.07) is 15.1. The summed E-state index contributed by atoms with van der Waals surface area (Å²) < 4.78 is 22.4. The number of aliphatic hydroxyl groups is 3. The van der Waals surface area contributed by atoms with E-state index in [0.29, 0.717) is 16.7 Å². The summed E-state index contributed by atoms with van der Waals surface area (Å²) in [5, 5.41) is 59.7. The Labute approximate surface area is 235 Å². The molecular formula is C30H30O11. The van der Waals surface area contributed by atoms with Gasteiger partial charge in [-0.3, -0.25) is 0 Å². The van der Waals surface area contributed by atoms with Crippen LogP contribution in [0.3, 0.4) is 0 Å². The minimum atomic E-state index is -1.66. The van der Waals surface area contributed by atoms with Crippen LogP contribution < -0.4 is 9.47 Å². The molecule has 5 unspecified atom stereocenters. The third kappa shape index (κ3) is 7.56. The second-order valence-corrected chi connectivity index (χ2v) is 9.18. The van der Waals surface area contributed by atoms with Gasteiger partial charge in [-0.2, -0.15) is 0 Å². The maximum absolute atomic E-state index is 12.6. The average Bonchev–Trinajstić information content (AvgIpc) is 2.95. The lowest BCUT2D eigenvalue weighted by atomic mass is 9.99. The third-order valence-corrected chi connectivity index (χ3v) is 6.21. The molecule has 0 amide bonds. The summed E-state index contributed by atoms with van der Waals surface area (Å²) in [6.07, 6.45) is -1.55. The lowest BCUT2D eigenvalue weighted by molar-refractivity contribution is -0.281. The molecule has 3 aromatic carbocycles. The fourth-order valence-electron chi connectivity index (χ4n) is 4.12. The highest BCUT2D eigenvalue weighted by atomic mass is 16.7. The molecule has 0 aliphatic carbocycles. The van der Waals surface area contributed by atoms with Crippen molar-refractivity contribution in [2.24, 2.45) is 0 Å². The number of phenolic OH excluding ortho intramolecular Hbond substituents is 3. The van der Waals surface area contributed by atoms with Crippen LogP contribution in [-0.4, -0.2) is 81.0 Å². The Morgan fingerprint density at radius 3 is 2.12 bits per heavy atom. The van der Waals surface area contributed by atoms with Crippen molar-refractivity contribution in [2.75, 3.05) is 13.7 Å². The lowest BCUT2D eigenvalue weighted by Gasteiger charge is -2.41. The quantitative estimate of drug-likeness (QED) is 0.127. The van der Waals surface area contributed by atoms with E-state index in [1.165, 1.54) is 43.5 Å². The predicted molar refractivity (Wildman–Crippen MR) is 147 cm³/mol. The average molecular weight is 567 g/mol. The zero-order valence-electron chi connectivity index (χ0n) is 21.9. The molecule has 0 spiro atoms. The molecule has 1 heterocycles. The first-order chi connectivity index (χ1) is 19.7. The van der Waals surface area contributed by atoms with E-state index < -0.39 is 43.3 Å². The van der Waals surface area contributed by atoms with Crippen LogP contribution in [0.2, 0.25) is 0 Å². The number of esters is 1. The van der Waals surface area contributed by atoms with Gasteiger partial charge in [-0.15, -0.1) is 0 Å². The number of carbonyl (C=O) groups is 1. The van der Waals surface area contributed by atoms with E-state index in [9.17, 15) is 35.4 Å². The molecule has 11 heteroatoms. The van der Waals surface area contributed by atoms with E-state index in [4.69, 9.17) is 18.9 Å². The van der Waals surface area contributed by atoms with E-state index in [1.54, 1.807) is 42.5 Å². The van der Waals surface area contributed by atoms with Gasteiger partial charge in [-0.05, 0) is 59.2 Å². The van der Waals surface area contributed by atoms with Crippen molar-refractivity contribution in [3.05, 3.63) is 83.4 Å². The number of aromatic hydroxyl groups is 3. The molecule has 3 aromatic rings. The van der Waals surface area contributed by atoms with E-state index in [-0.39, 0.29) is 28.7 Å². The first-order valence-electron chi connectivity index (χ1n) is 12.5. The highest BCUT2D eigenvalue weighted by molar-refractivity contribution is 5.87. The Kier molecular flexibility index (Phi) is 9.48. The molecule has 0 aromatic heterocycles. The number of benzene rings is 3. The van der Waals surface area contributed by atoms with Crippen molar-refractivity contribution in [1.29, 1.82) is 0 Å². The van der Waals surface area contributed by atoms with Gasteiger partial charge in [0.15, 0.2) is 17.6 Å². The molecule has 1 aliphatic heterocycles. The molecule has 1 saturated heterocycles. The molecule has 5 atom stereocenters. The van der Waals surface area contributed by atoms with Crippen molar-refractivity contribution in [3.63, 3.8) is 0 Å². The summed E-state index contributed by atoms with van der Waals surface area (Å²) in [4.78, 5) is 12.6. The van der Waals surface area contributed by atoms with Gasteiger partial charge in [0, 0.05) is 12.1 Å². The minimum Gasteiger partial charge on any atom is -0.508 e. The number of aliphatic hydroxyl groups excluding tert-OH is 3. The largest absolute Gasteiger partial charge is 0.508 e. The number of carbonyl (C=O) groups excluding carboxylic acids is 1. The standard InChI is InChI=1S/C30H30O11/c1-38-23-10-6-18(2-3-19-12-21(33)15-22(34)13-19)14-24(23)39-30-29(28(37)27(36)25(16-31)40-30)41-26(35)11-7-17-4-8-20(32)9-5-17/h2-15,25,27-34,36-37H,16H2,1H3. The molecule has 1 fully saturated rings. The highest BCUT2D eigenvalue weighted by Crippen LogP contribution is 2.34. The Balaban J connectivity index is 1.57. The molecule has 1 aliphatic rings. The van der Waals surface area contributed by atoms with E-state index in [2.05, 4.69) is 0 Å². The van der Waals surface area contributed by atoms with Gasteiger partial charge in [0.1, 0.15) is 35.6 Å².